The van der Waals surface area contributed by atoms with Gasteiger partial charge < -0.3 is 38.1 Å². The SMILES string of the molecule is CN1CCC[C@H]1c1cccnc1.COC(=O)[C@H]1[C@H]2C[C@@H]3c4[nH]c5cc(OC)ccc5c4CCN3C[C@H]2C[C@@H](OC(=O)c2cc(OC)c(OC)c(OC)c2)[C@@H]1OC. The lowest BCUT2D eigenvalue weighted by Gasteiger charge is -2.52. The standard InChI is InChI=1S/C33H40N2O9.C10H14N2/c1-38-19-7-8-20-21-9-10-35-16-18-13-27(44-32(36)17-11-25(39-2)30(41-4)26(12-17)40-3)31(42-5)28(33(37)43-6)22(18)15-24(35)29(21)34-23(20)14-19;1-12-7-3-5-10(12)9-4-2-6-11-8-9/h7-8,11-12,14,18,22,24,27-28,31,34H,9-10,13,15-16H2,1-6H3;2,4,6,8,10H,3,5,7H2,1H3/t18-,22+,24-,27-,28+,31+;10-/m10/s1. The van der Waals surface area contributed by atoms with E-state index in [4.69, 9.17) is 33.2 Å². The zero-order chi connectivity index (χ0) is 39.5. The minimum atomic E-state index is -0.670. The van der Waals surface area contributed by atoms with Crippen molar-refractivity contribution in [2.24, 2.45) is 17.8 Å². The van der Waals surface area contributed by atoms with Gasteiger partial charge in [0.1, 0.15) is 18.0 Å². The van der Waals surface area contributed by atoms with E-state index in [2.05, 4.69) is 38.9 Å². The van der Waals surface area contributed by atoms with Gasteiger partial charge in [-0.2, -0.15) is 0 Å². The van der Waals surface area contributed by atoms with Crippen LogP contribution in [0.3, 0.4) is 0 Å². The van der Waals surface area contributed by atoms with Crippen molar-refractivity contribution in [2.75, 3.05) is 69.3 Å². The van der Waals surface area contributed by atoms with Gasteiger partial charge in [-0.15, -0.1) is 0 Å². The summed E-state index contributed by atoms with van der Waals surface area (Å²) >= 11 is 0. The van der Waals surface area contributed by atoms with Crippen molar-refractivity contribution in [3.63, 3.8) is 0 Å². The van der Waals surface area contributed by atoms with E-state index in [1.54, 1.807) is 26.4 Å². The number of likely N-dealkylation sites (tertiary alicyclic amines) is 1. The molecule has 3 fully saturated rings. The van der Waals surface area contributed by atoms with Crippen LogP contribution in [0.2, 0.25) is 0 Å². The number of piperidine rings is 1. The first-order valence-corrected chi connectivity index (χ1v) is 19.4. The number of hydrogen-bond donors (Lipinski definition) is 1. The zero-order valence-electron chi connectivity index (χ0n) is 33.4. The number of ether oxygens (including phenoxy) is 7. The molecule has 2 saturated heterocycles. The molecule has 13 nitrogen and oxygen atoms in total. The van der Waals surface area contributed by atoms with Gasteiger partial charge >= 0.3 is 11.9 Å². The number of rotatable bonds is 9. The van der Waals surface area contributed by atoms with Gasteiger partial charge in [0.2, 0.25) is 5.75 Å². The number of methoxy groups -OCH3 is 6. The maximum Gasteiger partial charge on any atom is 0.338 e. The Morgan fingerprint density at radius 1 is 0.893 bits per heavy atom. The van der Waals surface area contributed by atoms with Crippen molar-refractivity contribution in [1.82, 2.24) is 19.8 Å². The molecule has 0 radical (unpaired) electrons. The van der Waals surface area contributed by atoms with Gasteiger partial charge in [0.15, 0.2) is 11.5 Å². The Kier molecular flexibility index (Phi) is 12.0. The predicted octanol–water partition coefficient (Wildman–Crippen LogP) is 6.02. The molecule has 4 aromatic rings. The largest absolute Gasteiger partial charge is 0.497 e. The quantitative estimate of drug-likeness (QED) is 0.200. The lowest BCUT2D eigenvalue weighted by atomic mass is 9.63. The molecule has 4 aliphatic rings. The average Bonchev–Trinajstić information content (AvgIpc) is 3.84. The number of carbonyl (C=O) groups excluding carboxylic acids is 2. The topological polar surface area (TPSA) is 134 Å². The van der Waals surface area contributed by atoms with Gasteiger partial charge in [0.05, 0.1) is 53.1 Å². The van der Waals surface area contributed by atoms with E-state index in [1.807, 2.05) is 30.6 Å². The molecule has 0 spiro atoms. The molecule has 2 aromatic heterocycles. The van der Waals surface area contributed by atoms with Gasteiger partial charge in [0, 0.05) is 61.3 Å². The Bertz CT molecular complexity index is 1980. The molecule has 13 heteroatoms. The van der Waals surface area contributed by atoms with Gasteiger partial charge in [-0.05, 0) is 99.0 Å². The van der Waals surface area contributed by atoms with Crippen LogP contribution < -0.4 is 18.9 Å². The second-order valence-electron chi connectivity index (χ2n) is 15.1. The normalized spacial score (nSPS) is 25.8. The second-order valence-corrected chi connectivity index (χ2v) is 15.1. The Balaban J connectivity index is 0.000000339. The van der Waals surface area contributed by atoms with Gasteiger partial charge in [-0.3, -0.25) is 19.6 Å². The van der Waals surface area contributed by atoms with E-state index in [-0.39, 0.29) is 29.4 Å². The van der Waals surface area contributed by atoms with Crippen molar-refractivity contribution < 1.29 is 42.7 Å². The highest BCUT2D eigenvalue weighted by molar-refractivity contribution is 5.91. The molecular weight excluding hydrogens is 716 g/mol. The third kappa shape index (κ3) is 7.51. The van der Waals surface area contributed by atoms with Gasteiger partial charge in [0.25, 0.3) is 0 Å². The molecule has 2 aromatic carbocycles. The fraction of sp³-hybridized carbons (Fsp3) is 0.512. The third-order valence-electron chi connectivity index (χ3n) is 12.3. The lowest BCUT2D eigenvalue weighted by molar-refractivity contribution is -0.176. The van der Waals surface area contributed by atoms with Crippen LogP contribution >= 0.6 is 0 Å². The first kappa shape index (κ1) is 39.4. The first-order chi connectivity index (χ1) is 27.2. The lowest BCUT2D eigenvalue weighted by Crippen LogP contribution is -2.58. The highest BCUT2D eigenvalue weighted by Crippen LogP contribution is 2.51. The Labute approximate surface area is 328 Å². The maximum atomic E-state index is 13.5. The van der Waals surface area contributed by atoms with Crippen LogP contribution in [0.15, 0.2) is 54.9 Å². The zero-order valence-corrected chi connectivity index (χ0v) is 33.4. The predicted molar refractivity (Wildman–Crippen MR) is 210 cm³/mol. The van der Waals surface area contributed by atoms with E-state index in [0.29, 0.717) is 29.7 Å². The summed E-state index contributed by atoms with van der Waals surface area (Å²) in [6, 6.07) is 14.2. The van der Waals surface area contributed by atoms with Crippen LogP contribution in [0, 0.1) is 17.8 Å². The number of fused-ring (bicyclic) bond motifs is 6. The summed E-state index contributed by atoms with van der Waals surface area (Å²) in [6.45, 7) is 2.90. The summed E-state index contributed by atoms with van der Waals surface area (Å²) in [6.07, 6.45) is 7.33. The monoisotopic (exact) mass is 770 g/mol. The molecule has 1 aliphatic carbocycles. The fourth-order valence-corrected chi connectivity index (χ4v) is 9.67. The molecule has 1 saturated carbocycles. The smallest absolute Gasteiger partial charge is 0.338 e. The van der Waals surface area contributed by atoms with Crippen molar-refractivity contribution in [3.8, 4) is 23.0 Å². The molecule has 0 bridgehead atoms. The highest BCUT2D eigenvalue weighted by Gasteiger charge is 2.54. The van der Waals surface area contributed by atoms with Crippen LogP contribution in [-0.4, -0.2) is 113 Å². The minimum Gasteiger partial charge on any atom is -0.497 e. The number of nitrogens with one attached hydrogen (secondary N) is 1. The summed E-state index contributed by atoms with van der Waals surface area (Å²) in [7, 11) is 11.3. The molecule has 1 N–H and O–H groups in total. The molecule has 3 aliphatic heterocycles. The number of carbonyl (C=O) groups is 2. The van der Waals surface area contributed by atoms with Crippen molar-refractivity contribution in [1.29, 1.82) is 0 Å². The number of benzene rings is 2. The summed E-state index contributed by atoms with van der Waals surface area (Å²) in [5.41, 5.74) is 5.19. The van der Waals surface area contributed by atoms with E-state index < -0.39 is 24.1 Å². The number of pyridine rings is 1. The minimum absolute atomic E-state index is 0.0170. The average molecular weight is 771 g/mol. The van der Waals surface area contributed by atoms with E-state index in [1.165, 1.54) is 70.0 Å². The second kappa shape index (κ2) is 17.1. The number of nitrogens with zero attached hydrogens (tertiary/aromatic N) is 3. The Morgan fingerprint density at radius 2 is 1.68 bits per heavy atom. The fourth-order valence-electron chi connectivity index (χ4n) is 9.67. The summed E-state index contributed by atoms with van der Waals surface area (Å²) < 4.78 is 39.1. The number of hydrogen-bond acceptors (Lipinski definition) is 12. The van der Waals surface area contributed by atoms with Gasteiger partial charge in [-0.1, -0.05) is 6.07 Å². The summed E-state index contributed by atoms with van der Waals surface area (Å²) in [5, 5.41) is 1.21. The maximum absolute atomic E-state index is 13.5. The molecule has 5 heterocycles. The number of esters is 2. The van der Waals surface area contributed by atoms with E-state index in [0.717, 1.165) is 37.2 Å². The molecule has 7 atom stereocenters. The summed E-state index contributed by atoms with van der Waals surface area (Å²) in [4.78, 5) is 39.7. The molecule has 300 valence electrons. The van der Waals surface area contributed by atoms with Crippen LogP contribution in [0.1, 0.15) is 64.9 Å². The van der Waals surface area contributed by atoms with Crippen molar-refractivity contribution in [3.05, 3.63) is 77.2 Å². The molecule has 0 unspecified atom stereocenters. The number of aromatic amines is 1. The van der Waals surface area contributed by atoms with Crippen LogP contribution in [0.5, 0.6) is 23.0 Å². The first-order valence-electron chi connectivity index (χ1n) is 19.4. The molecule has 56 heavy (non-hydrogen) atoms. The highest BCUT2D eigenvalue weighted by atomic mass is 16.6. The van der Waals surface area contributed by atoms with Crippen molar-refractivity contribution >= 4 is 22.8 Å². The van der Waals surface area contributed by atoms with E-state index >= 15 is 0 Å². The van der Waals surface area contributed by atoms with Crippen LogP contribution in [0.25, 0.3) is 10.9 Å². The number of aromatic nitrogens is 2. The molecule has 8 rings (SSSR count). The molecular formula is C43H54N4O9. The van der Waals surface area contributed by atoms with E-state index in [9.17, 15) is 9.59 Å². The Morgan fingerprint density at radius 3 is 2.30 bits per heavy atom. The van der Waals surface area contributed by atoms with Gasteiger partial charge in [-0.25, -0.2) is 4.79 Å². The summed E-state index contributed by atoms with van der Waals surface area (Å²) in [5.74, 6) is 0.441. The third-order valence-corrected chi connectivity index (χ3v) is 12.3. The van der Waals surface area contributed by atoms with Crippen LogP contribution in [0.4, 0.5) is 0 Å². The Hall–Kier alpha value is -4.85. The number of H-pyrrole nitrogens is 1. The van der Waals surface area contributed by atoms with Crippen molar-refractivity contribution in [2.45, 2.75) is 56.4 Å². The van der Waals surface area contributed by atoms with Crippen LogP contribution in [-0.2, 0) is 25.4 Å². The molecule has 0 amide bonds.